The Labute approximate surface area is 110 Å². The molecule has 0 aliphatic heterocycles. The van der Waals surface area contributed by atoms with Gasteiger partial charge in [0.05, 0.1) is 24.4 Å². The van der Waals surface area contributed by atoms with Crippen LogP contribution in [0.3, 0.4) is 0 Å². The van der Waals surface area contributed by atoms with Crippen LogP contribution in [-0.4, -0.2) is 17.3 Å². The molecule has 0 saturated heterocycles. The Bertz CT molecular complexity index is 635. The number of aromatic nitrogens is 2. The number of ether oxygens (including phenoxy) is 1. The van der Waals surface area contributed by atoms with E-state index in [1.165, 1.54) is 0 Å². The van der Waals surface area contributed by atoms with Crippen molar-refractivity contribution >= 4 is 11.6 Å². The minimum Gasteiger partial charge on any atom is -0.496 e. The van der Waals surface area contributed by atoms with Crippen LogP contribution in [0.25, 0.3) is 11.3 Å². The molecule has 0 aliphatic carbocycles. The Balaban J connectivity index is 2.60. The van der Waals surface area contributed by atoms with Crippen molar-refractivity contribution in [3.05, 3.63) is 40.5 Å². The molecule has 0 unspecified atom stereocenters. The van der Waals surface area contributed by atoms with E-state index in [2.05, 4.69) is 16.3 Å². The average molecular weight is 260 g/mol. The van der Waals surface area contributed by atoms with Crippen molar-refractivity contribution in [3.63, 3.8) is 0 Å². The molecule has 0 fully saturated rings. The highest BCUT2D eigenvalue weighted by atomic mass is 35.5. The number of benzene rings is 1. The average Bonchev–Trinajstić information content (AvgIpc) is 2.38. The van der Waals surface area contributed by atoms with Crippen LogP contribution >= 0.6 is 11.6 Å². The second-order valence-corrected chi connectivity index (χ2v) is 4.11. The van der Waals surface area contributed by atoms with Crippen molar-refractivity contribution in [2.45, 2.75) is 6.92 Å². The maximum absolute atomic E-state index is 8.86. The van der Waals surface area contributed by atoms with E-state index in [-0.39, 0.29) is 0 Å². The third-order valence-electron chi connectivity index (χ3n) is 2.54. The van der Waals surface area contributed by atoms with Gasteiger partial charge in [0.25, 0.3) is 0 Å². The number of nitriles is 1. The molecule has 1 heterocycles. The van der Waals surface area contributed by atoms with Gasteiger partial charge in [-0.15, -0.1) is 10.2 Å². The summed E-state index contributed by atoms with van der Waals surface area (Å²) in [4.78, 5) is 0. The molecule has 2 aromatic rings. The minimum absolute atomic E-state index is 0.351. The molecule has 5 heteroatoms. The molecule has 0 aliphatic rings. The molecule has 1 aromatic carbocycles. The minimum atomic E-state index is 0.351. The first-order chi connectivity index (χ1) is 8.65. The fraction of sp³-hybridized carbons (Fsp3) is 0.154. The van der Waals surface area contributed by atoms with Gasteiger partial charge in [0.2, 0.25) is 0 Å². The smallest absolute Gasteiger partial charge is 0.152 e. The van der Waals surface area contributed by atoms with Gasteiger partial charge in [0.15, 0.2) is 5.15 Å². The topological polar surface area (TPSA) is 58.8 Å². The Hall–Kier alpha value is -2.12. The van der Waals surface area contributed by atoms with Crippen molar-refractivity contribution in [2.24, 2.45) is 0 Å². The van der Waals surface area contributed by atoms with Gasteiger partial charge in [0.1, 0.15) is 5.75 Å². The molecule has 0 amide bonds. The van der Waals surface area contributed by atoms with Gasteiger partial charge in [-0.2, -0.15) is 5.26 Å². The molecule has 4 nitrogen and oxygen atoms in total. The van der Waals surface area contributed by atoms with Crippen molar-refractivity contribution in [3.8, 4) is 23.1 Å². The van der Waals surface area contributed by atoms with E-state index >= 15 is 0 Å². The van der Waals surface area contributed by atoms with Crippen LogP contribution in [-0.2, 0) is 0 Å². The predicted octanol–water partition coefficient (Wildman–Crippen LogP) is 2.99. The number of hydrogen-bond donors (Lipinski definition) is 0. The molecule has 0 saturated carbocycles. The third-order valence-corrected chi connectivity index (χ3v) is 2.73. The largest absolute Gasteiger partial charge is 0.496 e. The van der Waals surface area contributed by atoms with Crippen LogP contribution in [0.15, 0.2) is 24.3 Å². The maximum atomic E-state index is 8.86. The monoisotopic (exact) mass is 259 g/mol. The van der Waals surface area contributed by atoms with E-state index in [1.54, 1.807) is 31.4 Å². The quantitative estimate of drug-likeness (QED) is 0.832. The van der Waals surface area contributed by atoms with Gasteiger partial charge in [-0.25, -0.2) is 0 Å². The van der Waals surface area contributed by atoms with Gasteiger partial charge in [0, 0.05) is 5.56 Å². The fourth-order valence-electron chi connectivity index (χ4n) is 1.68. The van der Waals surface area contributed by atoms with Crippen LogP contribution in [0.5, 0.6) is 5.75 Å². The summed E-state index contributed by atoms with van der Waals surface area (Å²) >= 11 is 5.78. The molecule has 0 bridgehead atoms. The number of nitrogens with zero attached hydrogens (tertiary/aromatic N) is 3. The summed E-state index contributed by atoms with van der Waals surface area (Å²) < 4.78 is 5.28. The van der Waals surface area contributed by atoms with Crippen LogP contribution in [0.2, 0.25) is 5.15 Å². The first kappa shape index (κ1) is 12.3. The zero-order chi connectivity index (χ0) is 13.1. The highest BCUT2D eigenvalue weighted by Gasteiger charge is 2.11. The van der Waals surface area contributed by atoms with Gasteiger partial charge >= 0.3 is 0 Å². The number of methoxy groups -OCH3 is 1. The molecule has 0 atom stereocenters. The van der Waals surface area contributed by atoms with Gasteiger partial charge in [-0.1, -0.05) is 11.6 Å². The number of aryl methyl sites for hydroxylation is 1. The summed E-state index contributed by atoms with van der Waals surface area (Å²) in [6.45, 7) is 1.90. The van der Waals surface area contributed by atoms with Crippen LogP contribution in [0.1, 0.15) is 11.1 Å². The van der Waals surface area contributed by atoms with E-state index in [1.807, 2.05) is 6.92 Å². The zero-order valence-corrected chi connectivity index (χ0v) is 10.7. The number of rotatable bonds is 2. The second kappa shape index (κ2) is 5.03. The molecule has 18 heavy (non-hydrogen) atoms. The van der Waals surface area contributed by atoms with E-state index in [9.17, 15) is 0 Å². The molecule has 0 radical (unpaired) electrons. The van der Waals surface area contributed by atoms with E-state index in [0.717, 1.165) is 11.1 Å². The third kappa shape index (κ3) is 2.27. The van der Waals surface area contributed by atoms with Crippen LogP contribution in [0, 0.1) is 18.3 Å². The maximum Gasteiger partial charge on any atom is 0.152 e. The fourth-order valence-corrected chi connectivity index (χ4v) is 1.88. The number of halogens is 1. The molecule has 2 rings (SSSR count). The lowest BCUT2D eigenvalue weighted by Crippen LogP contribution is -1.95. The highest BCUT2D eigenvalue weighted by molar-refractivity contribution is 6.29. The lowest BCUT2D eigenvalue weighted by atomic mass is 10.0. The lowest BCUT2D eigenvalue weighted by Gasteiger charge is -2.09. The van der Waals surface area contributed by atoms with E-state index in [0.29, 0.717) is 22.2 Å². The first-order valence-electron chi connectivity index (χ1n) is 5.24. The second-order valence-electron chi connectivity index (χ2n) is 3.73. The Morgan fingerprint density at radius 1 is 1.28 bits per heavy atom. The van der Waals surface area contributed by atoms with Crippen molar-refractivity contribution in [2.75, 3.05) is 7.11 Å². The van der Waals surface area contributed by atoms with Crippen LogP contribution < -0.4 is 4.74 Å². The summed E-state index contributed by atoms with van der Waals surface area (Å²) in [5.74, 6) is 0.591. The first-order valence-corrected chi connectivity index (χ1v) is 5.62. The Morgan fingerprint density at radius 3 is 2.67 bits per heavy atom. The van der Waals surface area contributed by atoms with E-state index < -0.39 is 0 Å². The van der Waals surface area contributed by atoms with Crippen molar-refractivity contribution in [1.82, 2.24) is 10.2 Å². The summed E-state index contributed by atoms with van der Waals surface area (Å²) in [5, 5.41) is 17.1. The lowest BCUT2D eigenvalue weighted by molar-refractivity contribution is 0.416. The van der Waals surface area contributed by atoms with Crippen molar-refractivity contribution in [1.29, 1.82) is 5.26 Å². The molecule has 1 aromatic heterocycles. The Morgan fingerprint density at radius 2 is 2.06 bits per heavy atom. The summed E-state index contributed by atoms with van der Waals surface area (Å²) in [7, 11) is 1.55. The van der Waals surface area contributed by atoms with Gasteiger partial charge in [-0.3, -0.25) is 0 Å². The predicted molar refractivity (Wildman–Crippen MR) is 68.5 cm³/mol. The summed E-state index contributed by atoms with van der Waals surface area (Å²) in [6.07, 6.45) is 0. The van der Waals surface area contributed by atoms with E-state index in [4.69, 9.17) is 21.6 Å². The SMILES string of the molecule is COc1cc(C#N)ccc1-c1nnc(Cl)cc1C. The molecular weight excluding hydrogens is 250 g/mol. The number of hydrogen-bond acceptors (Lipinski definition) is 4. The molecule has 90 valence electrons. The normalized spacial score (nSPS) is 9.89. The summed E-state index contributed by atoms with van der Waals surface area (Å²) in [6, 6.07) is 8.99. The van der Waals surface area contributed by atoms with Gasteiger partial charge < -0.3 is 4.74 Å². The van der Waals surface area contributed by atoms with Crippen LogP contribution in [0.4, 0.5) is 0 Å². The Kier molecular flexibility index (Phi) is 3.45. The molecular formula is C13H10ClN3O. The van der Waals surface area contributed by atoms with Gasteiger partial charge in [-0.05, 0) is 36.8 Å². The highest BCUT2D eigenvalue weighted by Crippen LogP contribution is 2.31. The standard InChI is InChI=1S/C13H10ClN3O/c1-8-5-12(14)16-17-13(8)10-4-3-9(7-15)6-11(10)18-2/h3-6H,1-2H3. The molecule has 0 N–H and O–H groups in total. The molecule has 0 spiro atoms. The zero-order valence-electron chi connectivity index (χ0n) is 9.94. The van der Waals surface area contributed by atoms with Crippen molar-refractivity contribution < 1.29 is 4.74 Å². The summed E-state index contributed by atoms with van der Waals surface area (Å²) in [5.41, 5.74) is 2.92.